The van der Waals surface area contributed by atoms with E-state index in [0.29, 0.717) is 33.0 Å². The Morgan fingerprint density at radius 2 is 1.67 bits per heavy atom. The first kappa shape index (κ1) is 23.5. The standard InChI is InChI=1S/C29H24N2O4S/c1-19-25(28(33)34-2)26(21-13-7-4-8-14-21)31-27(32)24(36-29(31)30-19)17-22-15-9-10-16-23(22)35-18-20-11-5-3-6-12-20/h3-17,26H,18H2,1-2H3/b24-17-/t26-/m0/s1. The Morgan fingerprint density at radius 3 is 2.39 bits per heavy atom. The zero-order valence-electron chi connectivity index (χ0n) is 19.9. The second-order valence-electron chi connectivity index (χ2n) is 8.30. The lowest BCUT2D eigenvalue weighted by atomic mass is 9.96. The van der Waals surface area contributed by atoms with Crippen LogP contribution in [-0.2, 0) is 16.1 Å². The maximum atomic E-state index is 13.7. The maximum Gasteiger partial charge on any atom is 0.338 e. The van der Waals surface area contributed by atoms with Crippen molar-refractivity contribution in [3.8, 4) is 5.75 Å². The number of nitrogens with zero attached hydrogens (tertiary/aromatic N) is 2. The first-order valence-corrected chi connectivity index (χ1v) is 12.3. The Hall–Kier alpha value is -4.23. The number of para-hydroxylation sites is 1. The number of hydrogen-bond acceptors (Lipinski definition) is 6. The summed E-state index contributed by atoms with van der Waals surface area (Å²) in [7, 11) is 1.34. The summed E-state index contributed by atoms with van der Waals surface area (Å²) in [5.74, 6) is 0.178. The molecule has 5 rings (SSSR count). The van der Waals surface area contributed by atoms with Gasteiger partial charge >= 0.3 is 5.97 Å². The van der Waals surface area contributed by atoms with Crippen LogP contribution in [0, 0.1) is 0 Å². The maximum absolute atomic E-state index is 13.7. The molecule has 1 aromatic heterocycles. The van der Waals surface area contributed by atoms with Crippen LogP contribution in [-0.4, -0.2) is 17.6 Å². The van der Waals surface area contributed by atoms with Crippen molar-refractivity contribution < 1.29 is 14.3 Å². The Morgan fingerprint density at radius 1 is 1.00 bits per heavy atom. The first-order chi connectivity index (χ1) is 17.6. The molecule has 0 bridgehead atoms. The van der Waals surface area contributed by atoms with Gasteiger partial charge in [-0.3, -0.25) is 9.36 Å². The number of carbonyl (C=O) groups is 1. The Bertz CT molecular complexity index is 1620. The van der Waals surface area contributed by atoms with Crippen molar-refractivity contribution >= 4 is 23.4 Å². The van der Waals surface area contributed by atoms with E-state index in [4.69, 9.17) is 9.47 Å². The zero-order chi connectivity index (χ0) is 25.1. The summed E-state index contributed by atoms with van der Waals surface area (Å²) >= 11 is 1.29. The number of carbonyl (C=O) groups excluding carboxylic acids is 1. The summed E-state index contributed by atoms with van der Waals surface area (Å²) in [6, 6.07) is 26.4. The monoisotopic (exact) mass is 496 g/mol. The van der Waals surface area contributed by atoms with Crippen molar-refractivity contribution in [3.63, 3.8) is 0 Å². The second kappa shape index (κ2) is 10.2. The van der Waals surface area contributed by atoms with Crippen LogP contribution in [0.4, 0.5) is 0 Å². The molecule has 1 aliphatic heterocycles. The van der Waals surface area contributed by atoms with E-state index in [1.807, 2.05) is 91.0 Å². The molecule has 4 aromatic rings. The van der Waals surface area contributed by atoms with E-state index in [-0.39, 0.29) is 5.56 Å². The van der Waals surface area contributed by atoms with Gasteiger partial charge in [0, 0.05) is 5.56 Å². The third-order valence-corrected chi connectivity index (χ3v) is 6.97. The first-order valence-electron chi connectivity index (χ1n) is 11.5. The summed E-state index contributed by atoms with van der Waals surface area (Å²) in [6.07, 6.45) is 1.82. The number of aromatic nitrogens is 1. The molecule has 180 valence electrons. The van der Waals surface area contributed by atoms with E-state index in [2.05, 4.69) is 4.99 Å². The van der Waals surface area contributed by atoms with E-state index < -0.39 is 12.0 Å². The largest absolute Gasteiger partial charge is 0.488 e. The van der Waals surface area contributed by atoms with E-state index in [1.165, 1.54) is 18.4 Å². The predicted molar refractivity (Wildman–Crippen MR) is 139 cm³/mol. The van der Waals surface area contributed by atoms with Crippen LogP contribution in [0.15, 0.2) is 106 Å². The molecule has 0 aliphatic carbocycles. The Labute approximate surface area is 212 Å². The highest BCUT2D eigenvalue weighted by Crippen LogP contribution is 2.30. The lowest BCUT2D eigenvalue weighted by Gasteiger charge is -2.24. The summed E-state index contributed by atoms with van der Waals surface area (Å²) in [5.41, 5.74) is 3.33. The van der Waals surface area contributed by atoms with E-state index in [9.17, 15) is 9.59 Å². The van der Waals surface area contributed by atoms with E-state index in [0.717, 1.165) is 16.7 Å². The van der Waals surface area contributed by atoms with Gasteiger partial charge in [0.05, 0.1) is 29.0 Å². The Kier molecular flexibility index (Phi) is 6.64. The number of thiazole rings is 1. The van der Waals surface area contributed by atoms with Crippen molar-refractivity contribution in [2.24, 2.45) is 4.99 Å². The number of fused-ring (bicyclic) bond motifs is 1. The molecule has 1 aliphatic rings. The van der Waals surface area contributed by atoms with E-state index >= 15 is 0 Å². The molecule has 0 unspecified atom stereocenters. The van der Waals surface area contributed by atoms with Gasteiger partial charge in [0.25, 0.3) is 5.56 Å². The van der Waals surface area contributed by atoms with Gasteiger partial charge in [0.2, 0.25) is 0 Å². The number of hydrogen-bond donors (Lipinski definition) is 0. The normalized spacial score (nSPS) is 15.3. The summed E-state index contributed by atoms with van der Waals surface area (Å²) in [5, 5.41) is 0. The van der Waals surface area contributed by atoms with Gasteiger partial charge in [-0.1, -0.05) is 90.2 Å². The lowest BCUT2D eigenvalue weighted by Crippen LogP contribution is -2.39. The third-order valence-electron chi connectivity index (χ3n) is 5.99. The fraction of sp³-hybridized carbons (Fsp3) is 0.138. The zero-order valence-corrected chi connectivity index (χ0v) is 20.7. The van der Waals surface area contributed by atoms with Crippen LogP contribution in [0.1, 0.15) is 29.7 Å². The van der Waals surface area contributed by atoms with Gasteiger partial charge in [-0.05, 0) is 30.2 Å². The summed E-state index contributed by atoms with van der Waals surface area (Å²) < 4.78 is 13.2. The Balaban J connectivity index is 1.61. The number of rotatable bonds is 6. The van der Waals surface area contributed by atoms with Crippen LogP contribution >= 0.6 is 11.3 Å². The predicted octanol–water partition coefficient (Wildman–Crippen LogP) is 3.99. The molecule has 36 heavy (non-hydrogen) atoms. The molecule has 0 spiro atoms. The molecule has 2 heterocycles. The molecule has 0 N–H and O–H groups in total. The van der Waals surface area contributed by atoms with Crippen LogP contribution in [0.5, 0.6) is 5.75 Å². The summed E-state index contributed by atoms with van der Waals surface area (Å²) in [6.45, 7) is 2.19. The molecule has 0 fully saturated rings. The number of benzene rings is 3. The minimum atomic E-state index is -0.623. The van der Waals surface area contributed by atoms with Gasteiger partial charge in [-0.25, -0.2) is 9.79 Å². The van der Waals surface area contributed by atoms with Gasteiger partial charge in [0.1, 0.15) is 12.4 Å². The SMILES string of the molecule is COC(=O)C1=C(C)N=c2s/c(=C\c3ccccc3OCc3ccccc3)c(=O)n2[C@H]1c1ccccc1. The highest BCUT2D eigenvalue weighted by atomic mass is 32.1. The van der Waals surface area contributed by atoms with Crippen molar-refractivity contribution in [2.75, 3.05) is 7.11 Å². The number of allylic oxidation sites excluding steroid dienone is 1. The fourth-order valence-electron chi connectivity index (χ4n) is 4.25. The average Bonchev–Trinajstić information content (AvgIpc) is 3.22. The van der Waals surface area contributed by atoms with Gasteiger partial charge in [-0.15, -0.1) is 0 Å². The van der Waals surface area contributed by atoms with Crippen molar-refractivity contribution in [1.82, 2.24) is 4.57 Å². The van der Waals surface area contributed by atoms with Crippen molar-refractivity contribution in [3.05, 3.63) is 133 Å². The highest BCUT2D eigenvalue weighted by Gasteiger charge is 2.32. The van der Waals surface area contributed by atoms with E-state index in [1.54, 1.807) is 11.5 Å². The molecular weight excluding hydrogens is 472 g/mol. The molecule has 7 heteroatoms. The van der Waals surface area contributed by atoms with Gasteiger partial charge < -0.3 is 9.47 Å². The minimum absolute atomic E-state index is 0.223. The molecule has 0 radical (unpaired) electrons. The molecule has 6 nitrogen and oxygen atoms in total. The number of methoxy groups -OCH3 is 1. The highest BCUT2D eigenvalue weighted by molar-refractivity contribution is 7.07. The molecular formula is C29H24N2O4S. The van der Waals surface area contributed by atoms with Gasteiger partial charge in [0.15, 0.2) is 4.80 Å². The smallest absolute Gasteiger partial charge is 0.338 e. The average molecular weight is 497 g/mol. The van der Waals surface area contributed by atoms with Crippen LogP contribution in [0.25, 0.3) is 6.08 Å². The lowest BCUT2D eigenvalue weighted by molar-refractivity contribution is -0.136. The third kappa shape index (κ3) is 4.53. The van der Waals surface area contributed by atoms with Gasteiger partial charge in [-0.2, -0.15) is 0 Å². The van der Waals surface area contributed by atoms with Crippen LogP contribution in [0.2, 0.25) is 0 Å². The minimum Gasteiger partial charge on any atom is -0.488 e. The summed E-state index contributed by atoms with van der Waals surface area (Å²) in [4.78, 5) is 31.6. The fourth-order valence-corrected chi connectivity index (χ4v) is 5.29. The molecule has 0 saturated carbocycles. The molecule has 3 aromatic carbocycles. The second-order valence-corrected chi connectivity index (χ2v) is 9.31. The van der Waals surface area contributed by atoms with Crippen LogP contribution in [0.3, 0.4) is 0 Å². The number of esters is 1. The number of ether oxygens (including phenoxy) is 2. The van der Waals surface area contributed by atoms with Crippen molar-refractivity contribution in [1.29, 1.82) is 0 Å². The topological polar surface area (TPSA) is 69.9 Å². The van der Waals surface area contributed by atoms with Crippen molar-refractivity contribution in [2.45, 2.75) is 19.6 Å². The van der Waals surface area contributed by atoms with Crippen LogP contribution < -0.4 is 19.6 Å². The molecule has 0 amide bonds. The molecule has 1 atom stereocenters. The quantitative estimate of drug-likeness (QED) is 0.379. The molecule has 0 saturated heterocycles.